The molecule has 4 heteroatoms. The first-order valence-corrected chi connectivity index (χ1v) is 7.43. The first-order chi connectivity index (χ1) is 9.54. The summed E-state index contributed by atoms with van der Waals surface area (Å²) in [5, 5.41) is 0.724. The summed E-state index contributed by atoms with van der Waals surface area (Å²) in [7, 11) is 1.94. The third-order valence-corrected chi connectivity index (χ3v) is 3.67. The lowest BCUT2D eigenvalue weighted by atomic mass is 10.1. The van der Waals surface area contributed by atoms with Crippen LogP contribution >= 0.6 is 27.5 Å². The van der Waals surface area contributed by atoms with Crippen molar-refractivity contribution in [3.63, 3.8) is 0 Å². The molecule has 2 rings (SSSR count). The molecule has 0 aliphatic carbocycles. The van der Waals surface area contributed by atoms with E-state index in [2.05, 4.69) is 15.9 Å². The Morgan fingerprint density at radius 1 is 1.20 bits per heavy atom. The fraction of sp³-hybridized carbons (Fsp3) is 0.188. The maximum absolute atomic E-state index is 12.2. The number of rotatable bonds is 5. The molecular formula is C16H15BrClNO. The second-order valence-electron chi connectivity index (χ2n) is 4.73. The molecule has 0 radical (unpaired) electrons. The maximum Gasteiger partial charge on any atom is 0.176 e. The average molecular weight is 353 g/mol. The van der Waals surface area contributed by atoms with E-state index in [1.54, 1.807) is 0 Å². The number of hydrogen-bond acceptors (Lipinski definition) is 2. The fourth-order valence-corrected chi connectivity index (χ4v) is 2.48. The van der Waals surface area contributed by atoms with Crippen LogP contribution in [-0.4, -0.2) is 24.3 Å². The predicted molar refractivity (Wildman–Crippen MR) is 86.3 cm³/mol. The monoisotopic (exact) mass is 351 g/mol. The highest BCUT2D eigenvalue weighted by Gasteiger charge is 2.10. The second kappa shape index (κ2) is 7.02. The van der Waals surface area contributed by atoms with E-state index in [9.17, 15) is 4.79 Å². The summed E-state index contributed by atoms with van der Waals surface area (Å²) >= 11 is 9.23. The smallest absolute Gasteiger partial charge is 0.176 e. The van der Waals surface area contributed by atoms with Crippen LogP contribution in [0, 0.1) is 0 Å². The van der Waals surface area contributed by atoms with E-state index < -0.39 is 0 Å². The minimum atomic E-state index is 0.114. The van der Waals surface area contributed by atoms with Gasteiger partial charge in [-0.3, -0.25) is 9.69 Å². The van der Waals surface area contributed by atoms with Crippen LogP contribution in [0.4, 0.5) is 0 Å². The predicted octanol–water partition coefficient (Wildman–Crippen LogP) is 4.42. The maximum atomic E-state index is 12.2. The van der Waals surface area contributed by atoms with E-state index in [1.807, 2.05) is 60.5 Å². The molecule has 0 aliphatic heterocycles. The van der Waals surface area contributed by atoms with Crippen LogP contribution < -0.4 is 0 Å². The van der Waals surface area contributed by atoms with Crippen molar-refractivity contribution in [2.45, 2.75) is 6.54 Å². The van der Waals surface area contributed by atoms with Gasteiger partial charge in [-0.25, -0.2) is 0 Å². The summed E-state index contributed by atoms with van der Waals surface area (Å²) < 4.78 is 0.920. The summed E-state index contributed by atoms with van der Waals surface area (Å²) in [6, 6.07) is 15.1. The molecule has 0 unspecified atom stereocenters. The van der Waals surface area contributed by atoms with Gasteiger partial charge in [0.1, 0.15) is 0 Å². The van der Waals surface area contributed by atoms with Gasteiger partial charge in [0, 0.05) is 21.6 Å². The number of likely N-dealkylation sites (N-methyl/N-ethyl adjacent to an activating group) is 1. The van der Waals surface area contributed by atoms with Crippen LogP contribution in [0.3, 0.4) is 0 Å². The Balaban J connectivity index is 1.95. The minimum absolute atomic E-state index is 0.114. The quantitative estimate of drug-likeness (QED) is 0.743. The van der Waals surface area contributed by atoms with Crippen LogP contribution in [0.5, 0.6) is 0 Å². The normalized spacial score (nSPS) is 10.8. The van der Waals surface area contributed by atoms with Gasteiger partial charge in [-0.15, -0.1) is 0 Å². The molecule has 0 amide bonds. The minimum Gasteiger partial charge on any atom is -0.295 e. The first-order valence-electron chi connectivity index (χ1n) is 6.26. The molecule has 0 N–H and O–H groups in total. The first kappa shape index (κ1) is 15.2. The van der Waals surface area contributed by atoms with Crippen molar-refractivity contribution < 1.29 is 4.79 Å². The van der Waals surface area contributed by atoms with Crippen molar-refractivity contribution in [2.75, 3.05) is 13.6 Å². The SMILES string of the molecule is CN(CC(=O)c1cccc(Br)c1)Cc1ccc(Cl)cc1. The summed E-state index contributed by atoms with van der Waals surface area (Å²) in [5.74, 6) is 0.114. The van der Waals surface area contributed by atoms with Crippen LogP contribution in [0.25, 0.3) is 0 Å². The van der Waals surface area contributed by atoms with E-state index >= 15 is 0 Å². The van der Waals surface area contributed by atoms with Gasteiger partial charge in [-0.05, 0) is 36.9 Å². The Labute approximate surface area is 132 Å². The fourth-order valence-electron chi connectivity index (χ4n) is 1.96. The molecule has 0 fully saturated rings. The van der Waals surface area contributed by atoms with Crippen molar-refractivity contribution in [3.8, 4) is 0 Å². The Bertz CT molecular complexity index is 598. The Hall–Kier alpha value is -1.16. The van der Waals surface area contributed by atoms with Gasteiger partial charge in [0.2, 0.25) is 0 Å². The molecule has 0 heterocycles. The average Bonchev–Trinajstić information content (AvgIpc) is 2.41. The van der Waals surface area contributed by atoms with E-state index in [4.69, 9.17) is 11.6 Å². The number of ketones is 1. The topological polar surface area (TPSA) is 20.3 Å². The number of benzene rings is 2. The molecule has 104 valence electrons. The largest absolute Gasteiger partial charge is 0.295 e. The van der Waals surface area contributed by atoms with Crippen molar-refractivity contribution in [1.82, 2.24) is 4.90 Å². The lowest BCUT2D eigenvalue weighted by molar-refractivity contribution is 0.0943. The summed E-state index contributed by atoms with van der Waals surface area (Å²) in [5.41, 5.74) is 1.86. The third kappa shape index (κ3) is 4.44. The van der Waals surface area contributed by atoms with Gasteiger partial charge >= 0.3 is 0 Å². The molecule has 0 aliphatic rings. The molecule has 0 bridgehead atoms. The zero-order valence-electron chi connectivity index (χ0n) is 11.1. The zero-order chi connectivity index (χ0) is 14.5. The highest BCUT2D eigenvalue weighted by Crippen LogP contribution is 2.14. The number of carbonyl (C=O) groups is 1. The summed E-state index contributed by atoms with van der Waals surface area (Å²) in [6.45, 7) is 1.11. The van der Waals surface area contributed by atoms with Crippen LogP contribution in [0.15, 0.2) is 53.0 Å². The standard InChI is InChI=1S/C16H15BrClNO/c1-19(10-12-5-7-15(18)8-6-12)11-16(20)13-3-2-4-14(17)9-13/h2-9H,10-11H2,1H3. The van der Waals surface area contributed by atoms with E-state index in [0.717, 1.165) is 27.2 Å². The number of hydrogen-bond donors (Lipinski definition) is 0. The van der Waals surface area contributed by atoms with Gasteiger partial charge < -0.3 is 0 Å². The van der Waals surface area contributed by atoms with E-state index in [0.29, 0.717) is 6.54 Å². The zero-order valence-corrected chi connectivity index (χ0v) is 13.5. The molecule has 0 saturated heterocycles. The highest BCUT2D eigenvalue weighted by molar-refractivity contribution is 9.10. The molecular weight excluding hydrogens is 338 g/mol. The van der Waals surface area contributed by atoms with Gasteiger partial charge in [-0.1, -0.05) is 51.8 Å². The molecule has 20 heavy (non-hydrogen) atoms. The van der Waals surface area contributed by atoms with Gasteiger partial charge in [0.25, 0.3) is 0 Å². The third-order valence-electron chi connectivity index (χ3n) is 2.93. The molecule has 2 aromatic rings. The van der Waals surface area contributed by atoms with Crippen molar-refractivity contribution >= 4 is 33.3 Å². The summed E-state index contributed by atoms with van der Waals surface area (Å²) in [6.07, 6.45) is 0. The molecule has 0 aromatic heterocycles. The van der Waals surface area contributed by atoms with E-state index in [1.165, 1.54) is 0 Å². The Morgan fingerprint density at radius 3 is 2.55 bits per heavy atom. The van der Waals surface area contributed by atoms with Gasteiger partial charge in [-0.2, -0.15) is 0 Å². The van der Waals surface area contributed by atoms with E-state index in [-0.39, 0.29) is 5.78 Å². The number of halogens is 2. The van der Waals surface area contributed by atoms with Gasteiger partial charge in [0.05, 0.1) is 6.54 Å². The lowest BCUT2D eigenvalue weighted by Gasteiger charge is -2.16. The second-order valence-corrected chi connectivity index (χ2v) is 6.08. The molecule has 0 spiro atoms. The number of nitrogens with zero attached hydrogens (tertiary/aromatic N) is 1. The Kier molecular flexibility index (Phi) is 5.35. The molecule has 0 saturated carbocycles. The van der Waals surface area contributed by atoms with Crippen molar-refractivity contribution in [3.05, 3.63) is 69.2 Å². The number of carbonyl (C=O) groups excluding carboxylic acids is 1. The van der Waals surface area contributed by atoms with Crippen LogP contribution in [0.2, 0.25) is 5.02 Å². The van der Waals surface area contributed by atoms with Crippen molar-refractivity contribution in [2.24, 2.45) is 0 Å². The van der Waals surface area contributed by atoms with Crippen LogP contribution in [0.1, 0.15) is 15.9 Å². The molecule has 2 nitrogen and oxygen atoms in total. The van der Waals surface area contributed by atoms with Crippen LogP contribution in [-0.2, 0) is 6.54 Å². The highest BCUT2D eigenvalue weighted by atomic mass is 79.9. The number of Topliss-reactive ketones (excluding diaryl/α,β-unsaturated/α-hetero) is 1. The molecule has 0 atom stereocenters. The van der Waals surface area contributed by atoms with Gasteiger partial charge in [0.15, 0.2) is 5.78 Å². The summed E-state index contributed by atoms with van der Waals surface area (Å²) in [4.78, 5) is 14.2. The molecule has 2 aromatic carbocycles. The Morgan fingerprint density at radius 2 is 1.90 bits per heavy atom. The van der Waals surface area contributed by atoms with Crippen molar-refractivity contribution in [1.29, 1.82) is 0 Å². The lowest BCUT2D eigenvalue weighted by Crippen LogP contribution is -2.25.